The van der Waals surface area contributed by atoms with Gasteiger partial charge in [-0.15, -0.1) is 11.8 Å². The fourth-order valence-corrected chi connectivity index (χ4v) is 5.53. The number of amides is 1. The summed E-state index contributed by atoms with van der Waals surface area (Å²) in [4.78, 5) is 25.3. The van der Waals surface area contributed by atoms with Crippen molar-refractivity contribution in [3.05, 3.63) is 10.5 Å². The van der Waals surface area contributed by atoms with E-state index in [-0.39, 0.29) is 12.5 Å². The van der Waals surface area contributed by atoms with E-state index in [0.29, 0.717) is 36.3 Å². The maximum atomic E-state index is 12.7. The van der Waals surface area contributed by atoms with Gasteiger partial charge in [-0.2, -0.15) is 0 Å². The van der Waals surface area contributed by atoms with E-state index in [2.05, 4.69) is 0 Å². The summed E-state index contributed by atoms with van der Waals surface area (Å²) < 4.78 is 3.57. The van der Waals surface area contributed by atoms with Crippen molar-refractivity contribution >= 4 is 23.6 Å². The highest BCUT2D eigenvalue weighted by molar-refractivity contribution is 8.05. The number of carboxylic acid groups (broad SMARTS) is 1. The molecule has 1 saturated carbocycles. The summed E-state index contributed by atoms with van der Waals surface area (Å²) in [7, 11) is 0. The lowest BCUT2D eigenvalue weighted by atomic mass is 9.70. The maximum absolute atomic E-state index is 12.7. The van der Waals surface area contributed by atoms with Crippen LogP contribution in [0, 0.1) is 11.8 Å². The molecule has 1 aliphatic carbocycles. The van der Waals surface area contributed by atoms with Crippen molar-refractivity contribution in [2.24, 2.45) is 17.7 Å². The molecule has 3 aliphatic rings. The van der Waals surface area contributed by atoms with Crippen LogP contribution in [0.4, 0.5) is 0 Å². The zero-order chi connectivity index (χ0) is 16.8. The van der Waals surface area contributed by atoms with Gasteiger partial charge < -0.3 is 20.1 Å². The third kappa shape index (κ3) is 2.22. The van der Waals surface area contributed by atoms with Gasteiger partial charge in [0.25, 0.3) is 5.91 Å². The van der Waals surface area contributed by atoms with Crippen LogP contribution in [0.15, 0.2) is 10.5 Å². The standard InChI is InChI=1S/C14H20N2O6S/c15-16-12(20)14(13(21,6-17)7-1-2-7)10(11(18)19)8-3-4-22-5-9(8)23-14/h7,10,17,21H,1-6,15H2,(H,16,20)(H,18,19). The molecular weight excluding hydrogens is 324 g/mol. The fraction of sp³-hybridized carbons (Fsp3) is 0.714. The zero-order valence-corrected chi connectivity index (χ0v) is 13.3. The van der Waals surface area contributed by atoms with Crippen molar-refractivity contribution in [1.29, 1.82) is 0 Å². The van der Waals surface area contributed by atoms with Gasteiger partial charge in [0.15, 0.2) is 0 Å². The molecule has 0 bridgehead atoms. The van der Waals surface area contributed by atoms with E-state index in [1.807, 2.05) is 5.43 Å². The summed E-state index contributed by atoms with van der Waals surface area (Å²) in [5, 5.41) is 30.8. The van der Waals surface area contributed by atoms with E-state index in [1.165, 1.54) is 0 Å². The molecular formula is C14H20N2O6S. The van der Waals surface area contributed by atoms with Crippen molar-refractivity contribution in [3.8, 4) is 0 Å². The lowest BCUT2D eigenvalue weighted by Gasteiger charge is -2.44. The predicted octanol–water partition coefficient (Wildman–Crippen LogP) is -1.03. The first kappa shape index (κ1) is 16.7. The lowest BCUT2D eigenvalue weighted by molar-refractivity contribution is -0.155. The molecule has 3 rings (SSSR count). The third-order valence-corrected chi connectivity index (χ3v) is 6.72. The fourth-order valence-electron chi connectivity index (χ4n) is 3.73. The highest BCUT2D eigenvalue weighted by Gasteiger charge is 2.71. The first-order valence-corrected chi connectivity index (χ1v) is 8.29. The number of nitrogens with one attached hydrogen (secondary N) is 1. The number of ether oxygens (including phenoxy) is 1. The second-order valence-electron chi connectivity index (χ2n) is 6.19. The van der Waals surface area contributed by atoms with E-state index >= 15 is 0 Å². The SMILES string of the molecule is NNC(=O)C1(C(O)(CO)C2CC2)SC2=C(CCOC2)C1C(=O)O. The molecule has 2 aliphatic heterocycles. The number of aliphatic hydroxyl groups excluding tert-OH is 1. The molecule has 0 spiro atoms. The molecule has 6 N–H and O–H groups in total. The topological polar surface area (TPSA) is 142 Å². The number of thioether (sulfide) groups is 1. The Kier molecular flexibility index (Phi) is 4.18. The van der Waals surface area contributed by atoms with Crippen LogP contribution >= 0.6 is 11.8 Å². The minimum atomic E-state index is -1.86. The first-order valence-electron chi connectivity index (χ1n) is 7.48. The zero-order valence-electron chi connectivity index (χ0n) is 12.4. The molecule has 128 valence electrons. The molecule has 9 heteroatoms. The first-order chi connectivity index (χ1) is 10.9. The van der Waals surface area contributed by atoms with Crippen LogP contribution in [0.5, 0.6) is 0 Å². The van der Waals surface area contributed by atoms with Gasteiger partial charge in [-0.25, -0.2) is 5.84 Å². The summed E-state index contributed by atoms with van der Waals surface area (Å²) in [6.45, 7) is -0.136. The average Bonchev–Trinajstić information content (AvgIpc) is 3.33. The Morgan fingerprint density at radius 3 is 2.70 bits per heavy atom. The van der Waals surface area contributed by atoms with Crippen molar-refractivity contribution in [3.63, 3.8) is 0 Å². The van der Waals surface area contributed by atoms with Crippen LogP contribution < -0.4 is 11.3 Å². The third-order valence-electron chi connectivity index (χ3n) is 5.00. The van der Waals surface area contributed by atoms with Crippen molar-refractivity contribution in [2.45, 2.75) is 29.6 Å². The molecule has 0 saturated heterocycles. The summed E-state index contributed by atoms with van der Waals surface area (Å²) in [6, 6.07) is 0. The maximum Gasteiger partial charge on any atom is 0.312 e. The normalized spacial score (nSPS) is 33.1. The molecule has 0 aromatic rings. The number of carbonyl (C=O) groups is 2. The number of hydrogen-bond donors (Lipinski definition) is 5. The number of carboxylic acids is 1. The number of carbonyl (C=O) groups excluding carboxylic acids is 1. The van der Waals surface area contributed by atoms with E-state index in [9.17, 15) is 24.9 Å². The Bertz CT molecular complexity index is 578. The molecule has 0 aromatic heterocycles. The second kappa shape index (κ2) is 5.75. The van der Waals surface area contributed by atoms with Gasteiger partial charge >= 0.3 is 5.97 Å². The Balaban J connectivity index is 2.16. The molecule has 1 fully saturated rings. The summed E-state index contributed by atoms with van der Waals surface area (Å²) in [5.41, 5.74) is 0.732. The van der Waals surface area contributed by atoms with E-state index in [0.717, 1.165) is 11.8 Å². The summed E-state index contributed by atoms with van der Waals surface area (Å²) in [6.07, 6.45) is 1.64. The molecule has 3 unspecified atom stereocenters. The van der Waals surface area contributed by atoms with Crippen molar-refractivity contribution in [1.82, 2.24) is 5.43 Å². The number of hydrogen-bond acceptors (Lipinski definition) is 7. The second-order valence-corrected chi connectivity index (χ2v) is 7.53. The Hall–Kier alpha value is -1.13. The summed E-state index contributed by atoms with van der Waals surface area (Å²) >= 11 is 0.983. The summed E-state index contributed by atoms with van der Waals surface area (Å²) in [5.74, 6) is 1.75. The molecule has 1 amide bonds. The smallest absolute Gasteiger partial charge is 0.312 e. The van der Waals surface area contributed by atoms with Crippen LogP contribution in [0.3, 0.4) is 0 Å². The molecule has 23 heavy (non-hydrogen) atoms. The van der Waals surface area contributed by atoms with Crippen molar-refractivity contribution in [2.75, 3.05) is 19.8 Å². The number of aliphatic carboxylic acids is 1. The Morgan fingerprint density at radius 1 is 1.48 bits per heavy atom. The van der Waals surface area contributed by atoms with E-state index < -0.39 is 34.7 Å². The predicted molar refractivity (Wildman–Crippen MR) is 81.0 cm³/mol. The van der Waals surface area contributed by atoms with Gasteiger partial charge in [0.05, 0.1) is 19.8 Å². The van der Waals surface area contributed by atoms with Gasteiger partial charge in [-0.05, 0) is 30.8 Å². The van der Waals surface area contributed by atoms with Crippen LogP contribution in [-0.2, 0) is 14.3 Å². The molecule has 0 radical (unpaired) electrons. The highest BCUT2D eigenvalue weighted by Crippen LogP contribution is 2.62. The molecule has 8 nitrogen and oxygen atoms in total. The largest absolute Gasteiger partial charge is 0.481 e. The Labute approximate surface area is 137 Å². The van der Waals surface area contributed by atoms with Crippen molar-refractivity contribution < 1.29 is 29.6 Å². The molecule has 0 aromatic carbocycles. The van der Waals surface area contributed by atoms with Gasteiger partial charge in [0, 0.05) is 4.91 Å². The number of hydrazine groups is 1. The molecule has 3 atom stereocenters. The average molecular weight is 344 g/mol. The lowest BCUT2D eigenvalue weighted by Crippen LogP contribution is -2.68. The van der Waals surface area contributed by atoms with Crippen LogP contribution in [0.2, 0.25) is 0 Å². The number of rotatable bonds is 5. The van der Waals surface area contributed by atoms with E-state index in [4.69, 9.17) is 10.6 Å². The van der Waals surface area contributed by atoms with Gasteiger partial charge in [-0.3, -0.25) is 15.0 Å². The quantitative estimate of drug-likeness (QED) is 0.242. The van der Waals surface area contributed by atoms with Gasteiger partial charge in [-0.1, -0.05) is 0 Å². The van der Waals surface area contributed by atoms with Crippen LogP contribution in [0.1, 0.15) is 19.3 Å². The monoisotopic (exact) mass is 344 g/mol. The highest BCUT2D eigenvalue weighted by atomic mass is 32.2. The van der Waals surface area contributed by atoms with Gasteiger partial charge in [0.2, 0.25) is 0 Å². The number of nitrogens with two attached hydrogens (primary N) is 1. The van der Waals surface area contributed by atoms with Crippen LogP contribution in [-0.4, -0.2) is 57.4 Å². The minimum absolute atomic E-state index is 0.204. The minimum Gasteiger partial charge on any atom is -0.481 e. The number of aliphatic hydroxyl groups is 2. The Morgan fingerprint density at radius 2 is 2.17 bits per heavy atom. The van der Waals surface area contributed by atoms with Gasteiger partial charge in [0.1, 0.15) is 16.3 Å². The van der Waals surface area contributed by atoms with E-state index in [1.54, 1.807) is 0 Å². The van der Waals surface area contributed by atoms with Crippen LogP contribution in [0.25, 0.3) is 0 Å². The molecule has 2 heterocycles.